The Labute approximate surface area is 256 Å². The van der Waals surface area contributed by atoms with Crippen LogP contribution in [0.2, 0.25) is 5.02 Å². The minimum atomic E-state index is -1.16. The number of hydrogen-bond donors (Lipinski definition) is 0. The number of pyridine rings is 1. The van der Waals surface area contributed by atoms with E-state index < -0.39 is 22.9 Å². The van der Waals surface area contributed by atoms with Gasteiger partial charge in [0, 0.05) is 27.1 Å². The normalized spacial score (nSPS) is 12.3. The van der Waals surface area contributed by atoms with Crippen molar-refractivity contribution in [2.45, 2.75) is 30.9 Å². The van der Waals surface area contributed by atoms with Crippen LogP contribution < -0.4 is 4.74 Å². The van der Waals surface area contributed by atoms with Crippen LogP contribution in [0.25, 0.3) is 21.7 Å². The van der Waals surface area contributed by atoms with Crippen LogP contribution >= 0.6 is 34.7 Å². The summed E-state index contributed by atoms with van der Waals surface area (Å²) in [5.41, 5.74) is 2.78. The van der Waals surface area contributed by atoms with Crippen LogP contribution in [0.3, 0.4) is 0 Å². The Morgan fingerprint density at radius 1 is 1.15 bits per heavy atom. The Morgan fingerprint density at radius 2 is 1.93 bits per heavy atom. The Kier molecular flexibility index (Phi) is 11.8. The highest BCUT2D eigenvalue weighted by Crippen LogP contribution is 2.35. The summed E-state index contributed by atoms with van der Waals surface area (Å²) in [5.74, 6) is 0.722. The third kappa shape index (κ3) is 9.17. The molecule has 0 radical (unpaired) electrons. The quantitative estimate of drug-likeness (QED) is 0.105. The van der Waals surface area contributed by atoms with E-state index in [0.717, 1.165) is 46.3 Å². The number of esters is 1. The average molecular weight is 625 g/mol. The monoisotopic (exact) mass is 624 g/mol. The number of rotatable bonds is 14. The zero-order chi connectivity index (χ0) is 29.0. The van der Waals surface area contributed by atoms with Gasteiger partial charge in [0.1, 0.15) is 29.6 Å². The van der Waals surface area contributed by atoms with Crippen molar-refractivity contribution in [2.24, 2.45) is 0 Å². The van der Waals surface area contributed by atoms with Gasteiger partial charge < -0.3 is 9.47 Å². The second-order valence-corrected chi connectivity index (χ2v) is 13.0. The molecule has 6 nitrogen and oxygen atoms in total. The predicted octanol–water partition coefficient (Wildman–Crippen LogP) is 7.63. The van der Waals surface area contributed by atoms with Gasteiger partial charge >= 0.3 is 5.97 Å². The maximum Gasteiger partial charge on any atom is 0.316 e. The van der Waals surface area contributed by atoms with Gasteiger partial charge in [-0.25, -0.2) is 4.98 Å². The highest BCUT2D eigenvalue weighted by Gasteiger charge is 2.21. The van der Waals surface area contributed by atoms with E-state index >= 15 is 0 Å². The topological polar surface area (TPSA) is 89.3 Å². The number of ether oxygens (including phenoxy) is 2. The fourth-order valence-corrected chi connectivity index (χ4v) is 6.86. The molecule has 10 heteroatoms. The summed E-state index contributed by atoms with van der Waals surface area (Å²) >= 11 is 8.67. The van der Waals surface area contributed by atoms with Gasteiger partial charge in [0.2, 0.25) is 0 Å². The molecule has 0 fully saturated rings. The largest absolute Gasteiger partial charge is 0.490 e. The van der Waals surface area contributed by atoms with Gasteiger partial charge in [-0.1, -0.05) is 73.1 Å². The van der Waals surface area contributed by atoms with E-state index in [0.29, 0.717) is 27.1 Å². The molecule has 4 aromatic rings. The molecule has 0 saturated heterocycles. The molecule has 2 atom stereocenters. The third-order valence-corrected chi connectivity index (χ3v) is 9.51. The number of thioether (sulfide) groups is 1. The SMILES string of the molecule is CCCCS(=O)CC(COc1ccc(Cl)cc1)OC(=O)CSc1nc(-c2cccs2)cc(-c2ccccc2)c1C#N. The molecule has 2 aromatic heterocycles. The molecular weight excluding hydrogens is 596 g/mol. The number of benzene rings is 2. The molecule has 0 N–H and O–H groups in total. The Bertz CT molecular complexity index is 1490. The summed E-state index contributed by atoms with van der Waals surface area (Å²) in [6.45, 7) is 2.10. The fraction of sp³-hybridized carbons (Fsp3) is 0.258. The van der Waals surface area contributed by atoms with E-state index in [1.54, 1.807) is 35.6 Å². The van der Waals surface area contributed by atoms with E-state index in [9.17, 15) is 14.3 Å². The number of thiophene rings is 1. The third-order valence-electron chi connectivity index (χ3n) is 5.93. The lowest BCUT2D eigenvalue weighted by atomic mass is 10.0. The molecule has 41 heavy (non-hydrogen) atoms. The maximum absolute atomic E-state index is 13.0. The number of halogens is 1. The van der Waals surface area contributed by atoms with Gasteiger partial charge in [0.05, 0.1) is 27.6 Å². The van der Waals surface area contributed by atoms with Crippen LogP contribution in [-0.4, -0.2) is 45.1 Å². The van der Waals surface area contributed by atoms with Crippen LogP contribution in [-0.2, 0) is 20.3 Å². The molecule has 0 bridgehead atoms. The molecule has 2 heterocycles. The standard InChI is InChI=1S/C31H29ClN2O4S3/c1-2-3-16-41(36)21-25(19-37-24-13-11-23(32)12-14-24)38-30(35)20-40-31-27(18-33)26(22-8-5-4-6-9-22)17-28(34-31)29-10-7-15-39-29/h4-15,17,25H,2-3,16,19-21H2,1H3. The average Bonchev–Trinajstić information content (AvgIpc) is 3.54. The van der Waals surface area contributed by atoms with Gasteiger partial charge in [-0.05, 0) is 53.8 Å². The Morgan fingerprint density at radius 3 is 2.61 bits per heavy atom. The molecule has 0 aliphatic rings. The van der Waals surface area contributed by atoms with E-state index in [1.807, 2.05) is 60.8 Å². The molecule has 0 aliphatic heterocycles. The fourth-order valence-electron chi connectivity index (χ4n) is 3.91. The second kappa shape index (κ2) is 15.7. The van der Waals surface area contributed by atoms with Crippen molar-refractivity contribution >= 4 is 51.5 Å². The maximum atomic E-state index is 13.0. The molecule has 0 spiro atoms. The Balaban J connectivity index is 1.50. The van der Waals surface area contributed by atoms with E-state index in [1.165, 1.54) is 0 Å². The summed E-state index contributed by atoms with van der Waals surface area (Å²) in [6, 6.07) is 24.6. The van der Waals surface area contributed by atoms with Crippen molar-refractivity contribution in [3.63, 3.8) is 0 Å². The molecule has 2 unspecified atom stereocenters. The van der Waals surface area contributed by atoms with Crippen LogP contribution in [0, 0.1) is 11.3 Å². The molecule has 0 saturated carbocycles. The van der Waals surface area contributed by atoms with Crippen molar-refractivity contribution in [1.29, 1.82) is 5.26 Å². The highest BCUT2D eigenvalue weighted by molar-refractivity contribution is 8.00. The first-order valence-electron chi connectivity index (χ1n) is 13.1. The molecule has 0 aliphatic carbocycles. The number of hydrogen-bond acceptors (Lipinski definition) is 8. The van der Waals surface area contributed by atoms with Crippen LogP contribution in [0.15, 0.2) is 83.2 Å². The first-order chi connectivity index (χ1) is 20.0. The van der Waals surface area contributed by atoms with Crippen molar-refractivity contribution in [1.82, 2.24) is 4.98 Å². The summed E-state index contributed by atoms with van der Waals surface area (Å²) in [6.07, 6.45) is 1.06. The molecular formula is C31H29ClN2O4S3. The lowest BCUT2D eigenvalue weighted by Gasteiger charge is -2.19. The molecule has 212 valence electrons. The van der Waals surface area contributed by atoms with Gasteiger partial charge in [-0.3, -0.25) is 9.00 Å². The summed E-state index contributed by atoms with van der Waals surface area (Å²) in [4.78, 5) is 18.7. The van der Waals surface area contributed by atoms with E-state index in [-0.39, 0.29) is 18.1 Å². The lowest BCUT2D eigenvalue weighted by Crippen LogP contribution is -2.31. The number of carbonyl (C=O) groups is 1. The minimum Gasteiger partial charge on any atom is -0.490 e. The number of aromatic nitrogens is 1. The van der Waals surface area contributed by atoms with Crippen molar-refractivity contribution in [2.75, 3.05) is 23.9 Å². The molecule has 4 rings (SSSR count). The zero-order valence-electron chi connectivity index (χ0n) is 22.5. The number of nitrogens with zero attached hydrogens (tertiary/aromatic N) is 2. The van der Waals surface area contributed by atoms with Gasteiger partial charge in [0.25, 0.3) is 0 Å². The van der Waals surface area contributed by atoms with Crippen molar-refractivity contribution in [3.05, 3.63) is 88.8 Å². The number of unbranched alkanes of at least 4 members (excludes halogenated alkanes) is 1. The van der Waals surface area contributed by atoms with E-state index in [4.69, 9.17) is 26.1 Å². The van der Waals surface area contributed by atoms with E-state index in [2.05, 4.69) is 6.07 Å². The first-order valence-corrected chi connectivity index (χ1v) is 16.8. The van der Waals surface area contributed by atoms with Gasteiger partial charge in [-0.15, -0.1) is 11.3 Å². The zero-order valence-corrected chi connectivity index (χ0v) is 25.7. The summed E-state index contributed by atoms with van der Waals surface area (Å²) < 4.78 is 24.2. The predicted molar refractivity (Wildman–Crippen MR) is 168 cm³/mol. The summed E-state index contributed by atoms with van der Waals surface area (Å²) in [5, 5.41) is 13.1. The number of carbonyl (C=O) groups excluding carboxylic acids is 1. The summed E-state index contributed by atoms with van der Waals surface area (Å²) in [7, 11) is -1.16. The van der Waals surface area contributed by atoms with Gasteiger partial charge in [0.15, 0.2) is 0 Å². The van der Waals surface area contributed by atoms with Crippen LogP contribution in [0.1, 0.15) is 25.3 Å². The molecule has 0 amide bonds. The van der Waals surface area contributed by atoms with Crippen molar-refractivity contribution < 1.29 is 18.5 Å². The van der Waals surface area contributed by atoms with Gasteiger partial charge in [-0.2, -0.15) is 5.26 Å². The van der Waals surface area contributed by atoms with Crippen LogP contribution in [0.5, 0.6) is 5.75 Å². The van der Waals surface area contributed by atoms with Crippen molar-refractivity contribution in [3.8, 4) is 33.5 Å². The lowest BCUT2D eigenvalue weighted by molar-refractivity contribution is -0.146. The minimum absolute atomic E-state index is 0.0591. The van der Waals surface area contributed by atoms with Crippen LogP contribution in [0.4, 0.5) is 0 Å². The first kappa shape index (κ1) is 30.8. The second-order valence-electron chi connectivity index (χ2n) is 9.02. The smallest absolute Gasteiger partial charge is 0.316 e. The highest BCUT2D eigenvalue weighted by atomic mass is 35.5. The Hall–Kier alpha value is -3.16. The molecule has 2 aromatic carbocycles. The number of nitriles is 1.